The van der Waals surface area contributed by atoms with Crippen LogP contribution in [0.2, 0.25) is 0 Å². The van der Waals surface area contributed by atoms with Crippen molar-refractivity contribution in [2.24, 2.45) is 0 Å². The van der Waals surface area contributed by atoms with Crippen LogP contribution < -0.4 is 9.62 Å². The van der Waals surface area contributed by atoms with Gasteiger partial charge in [0, 0.05) is 38.0 Å². The van der Waals surface area contributed by atoms with E-state index >= 15 is 0 Å². The number of carbonyl (C=O) groups excluding carboxylic acids is 2. The quantitative estimate of drug-likeness (QED) is 0.256. The van der Waals surface area contributed by atoms with Crippen LogP contribution in [0.1, 0.15) is 61.6 Å². The predicted octanol–water partition coefficient (Wildman–Crippen LogP) is 5.91. The summed E-state index contributed by atoms with van der Waals surface area (Å²) < 4.78 is 53.5. The number of hydrogen-bond acceptors (Lipinski definition) is 4. The maximum atomic E-state index is 14.0. The Morgan fingerprint density at radius 1 is 0.909 bits per heavy atom. The molecule has 1 fully saturated rings. The maximum Gasteiger partial charge on any atom is 0.243 e. The second kappa shape index (κ2) is 15.3. The fourth-order valence-electron chi connectivity index (χ4n) is 5.63. The van der Waals surface area contributed by atoms with Gasteiger partial charge in [0.2, 0.25) is 21.8 Å². The lowest BCUT2D eigenvalue weighted by Gasteiger charge is -2.34. The van der Waals surface area contributed by atoms with Gasteiger partial charge in [-0.15, -0.1) is 0 Å². The molecule has 1 saturated carbocycles. The van der Waals surface area contributed by atoms with E-state index in [0.29, 0.717) is 6.42 Å². The number of aryl methyl sites for hydroxylation is 1. The molecule has 10 heteroatoms. The average Bonchev–Trinajstić information content (AvgIpc) is 3.00. The van der Waals surface area contributed by atoms with Crippen molar-refractivity contribution < 1.29 is 26.8 Å². The van der Waals surface area contributed by atoms with Gasteiger partial charge in [0.05, 0.1) is 11.9 Å². The molecule has 4 rings (SSSR count). The molecule has 3 aromatic rings. The van der Waals surface area contributed by atoms with Gasteiger partial charge < -0.3 is 10.2 Å². The molecule has 0 spiro atoms. The minimum absolute atomic E-state index is 0.0239. The molecule has 2 amide bonds. The first-order valence-electron chi connectivity index (χ1n) is 15.1. The summed E-state index contributed by atoms with van der Waals surface area (Å²) in [5, 5.41) is 3.21. The number of nitrogens with one attached hydrogen (secondary N) is 1. The molecule has 0 unspecified atom stereocenters. The Bertz CT molecular complexity index is 1510. The van der Waals surface area contributed by atoms with Crippen LogP contribution in [-0.4, -0.2) is 50.0 Å². The molecule has 3 aromatic carbocycles. The topological polar surface area (TPSA) is 86.8 Å². The first-order valence-corrected chi connectivity index (χ1v) is 17.0. The molecule has 7 nitrogen and oxygen atoms in total. The lowest BCUT2D eigenvalue weighted by molar-refractivity contribution is -0.141. The number of halogens is 2. The summed E-state index contributed by atoms with van der Waals surface area (Å²) in [4.78, 5) is 29.5. The fourth-order valence-corrected chi connectivity index (χ4v) is 6.59. The number of sulfonamides is 1. The Hall–Kier alpha value is -3.79. The largest absolute Gasteiger partial charge is 0.352 e. The van der Waals surface area contributed by atoms with Crippen LogP contribution in [0.3, 0.4) is 0 Å². The van der Waals surface area contributed by atoms with E-state index in [0.717, 1.165) is 71.5 Å². The van der Waals surface area contributed by atoms with E-state index < -0.39 is 27.7 Å². The van der Waals surface area contributed by atoms with Crippen molar-refractivity contribution in [3.63, 3.8) is 0 Å². The third-order valence-electron chi connectivity index (χ3n) is 8.04. The summed E-state index contributed by atoms with van der Waals surface area (Å²) >= 11 is 0. The molecule has 0 saturated heterocycles. The number of amides is 2. The number of benzene rings is 3. The highest BCUT2D eigenvalue weighted by molar-refractivity contribution is 7.92. The van der Waals surface area contributed by atoms with Crippen LogP contribution >= 0.6 is 0 Å². The van der Waals surface area contributed by atoms with E-state index in [2.05, 4.69) is 5.32 Å². The van der Waals surface area contributed by atoms with Crippen LogP contribution in [-0.2, 0) is 32.6 Å². The molecule has 0 radical (unpaired) electrons. The van der Waals surface area contributed by atoms with E-state index in [1.165, 1.54) is 6.07 Å². The van der Waals surface area contributed by atoms with Crippen molar-refractivity contribution in [2.75, 3.05) is 17.1 Å². The van der Waals surface area contributed by atoms with Crippen LogP contribution in [0.5, 0.6) is 0 Å². The molecule has 0 heterocycles. The number of rotatable bonds is 13. The molecule has 1 atom stereocenters. The molecule has 1 aliphatic carbocycles. The first-order chi connectivity index (χ1) is 21.0. The number of nitrogens with zero attached hydrogens (tertiary/aromatic N) is 2. The summed E-state index contributed by atoms with van der Waals surface area (Å²) in [5.41, 5.74) is 2.83. The van der Waals surface area contributed by atoms with Gasteiger partial charge in [0.25, 0.3) is 0 Å². The van der Waals surface area contributed by atoms with Gasteiger partial charge in [0.15, 0.2) is 11.6 Å². The summed E-state index contributed by atoms with van der Waals surface area (Å²) in [6, 6.07) is 19.5. The molecular weight excluding hydrogens is 584 g/mol. The second-order valence-corrected chi connectivity index (χ2v) is 13.5. The molecule has 1 N–H and O–H groups in total. The van der Waals surface area contributed by atoms with Crippen molar-refractivity contribution in [3.8, 4) is 0 Å². The van der Waals surface area contributed by atoms with Gasteiger partial charge in [0.1, 0.15) is 6.04 Å². The summed E-state index contributed by atoms with van der Waals surface area (Å²) in [7, 11) is -3.85. The number of carbonyl (C=O) groups is 2. The van der Waals surface area contributed by atoms with Crippen molar-refractivity contribution in [2.45, 2.75) is 76.9 Å². The van der Waals surface area contributed by atoms with E-state index in [4.69, 9.17) is 0 Å². The summed E-state index contributed by atoms with van der Waals surface area (Å²) in [6.45, 7) is 2.06. The minimum Gasteiger partial charge on any atom is -0.352 e. The van der Waals surface area contributed by atoms with Crippen molar-refractivity contribution >= 4 is 27.5 Å². The van der Waals surface area contributed by atoms with Crippen LogP contribution in [0, 0.1) is 18.6 Å². The first kappa shape index (κ1) is 33.1. The van der Waals surface area contributed by atoms with Gasteiger partial charge in [-0.25, -0.2) is 17.2 Å². The zero-order valence-corrected chi connectivity index (χ0v) is 26.2. The third kappa shape index (κ3) is 9.35. The molecule has 236 valence electrons. The Labute approximate surface area is 259 Å². The van der Waals surface area contributed by atoms with Crippen LogP contribution in [0.4, 0.5) is 14.5 Å². The Morgan fingerprint density at radius 2 is 1.59 bits per heavy atom. The zero-order chi connectivity index (χ0) is 31.7. The lowest BCUT2D eigenvalue weighted by Crippen LogP contribution is -2.52. The monoisotopic (exact) mass is 625 g/mol. The number of hydrogen-bond donors (Lipinski definition) is 1. The van der Waals surface area contributed by atoms with Gasteiger partial charge in [-0.1, -0.05) is 79.4 Å². The van der Waals surface area contributed by atoms with Gasteiger partial charge in [-0.3, -0.25) is 13.9 Å². The van der Waals surface area contributed by atoms with Gasteiger partial charge >= 0.3 is 0 Å². The van der Waals surface area contributed by atoms with E-state index in [1.54, 1.807) is 4.90 Å². The Morgan fingerprint density at radius 3 is 2.23 bits per heavy atom. The standard InChI is InChI=1S/C34H41F2N3O4S/c1-25-15-17-27(18-16-25)24-38(32(22-26-10-5-3-6-11-26)34(41)37-28-12-7-4-8-13-28)33(40)14-9-21-39(44(2,42)43)29-19-20-30(35)31(36)23-29/h3,5-6,10-11,15-20,23,28,32H,4,7-9,12-14,21-22,24H2,1-2H3,(H,37,41)/t32-/m1/s1. The van der Waals surface area contributed by atoms with E-state index in [1.807, 2.05) is 61.5 Å². The molecule has 44 heavy (non-hydrogen) atoms. The molecule has 0 bridgehead atoms. The Balaban J connectivity index is 1.59. The van der Waals surface area contributed by atoms with Crippen LogP contribution in [0.15, 0.2) is 72.8 Å². The fraction of sp³-hybridized carbons (Fsp3) is 0.412. The SMILES string of the molecule is Cc1ccc(CN(C(=O)CCCN(c2ccc(F)c(F)c2)S(C)(=O)=O)[C@H](Cc2ccccc2)C(=O)NC2CCCCC2)cc1. The Kier molecular flexibility index (Phi) is 11.5. The molecule has 0 aromatic heterocycles. The number of anilines is 1. The summed E-state index contributed by atoms with van der Waals surface area (Å²) in [5.74, 6) is -2.76. The van der Waals surface area contributed by atoms with Crippen molar-refractivity contribution in [1.82, 2.24) is 10.2 Å². The average molecular weight is 626 g/mol. The zero-order valence-electron chi connectivity index (χ0n) is 25.3. The van der Waals surface area contributed by atoms with Crippen molar-refractivity contribution in [3.05, 3.63) is 101 Å². The van der Waals surface area contributed by atoms with Gasteiger partial charge in [-0.2, -0.15) is 0 Å². The maximum absolute atomic E-state index is 14.0. The molecule has 1 aliphatic rings. The molecule has 0 aliphatic heterocycles. The predicted molar refractivity (Wildman–Crippen MR) is 168 cm³/mol. The normalized spacial score (nSPS) is 14.5. The lowest BCUT2D eigenvalue weighted by atomic mass is 9.94. The highest BCUT2D eigenvalue weighted by atomic mass is 32.2. The summed E-state index contributed by atoms with van der Waals surface area (Å²) in [6.07, 6.45) is 6.41. The highest BCUT2D eigenvalue weighted by Gasteiger charge is 2.32. The smallest absolute Gasteiger partial charge is 0.243 e. The van der Waals surface area contributed by atoms with Crippen LogP contribution in [0.25, 0.3) is 0 Å². The van der Waals surface area contributed by atoms with Gasteiger partial charge in [-0.05, 0) is 49.4 Å². The van der Waals surface area contributed by atoms with E-state index in [-0.39, 0.29) is 49.5 Å². The minimum atomic E-state index is -3.85. The highest BCUT2D eigenvalue weighted by Crippen LogP contribution is 2.23. The molecular formula is C34H41F2N3O4S. The van der Waals surface area contributed by atoms with E-state index in [9.17, 15) is 26.8 Å². The second-order valence-electron chi connectivity index (χ2n) is 11.6. The van der Waals surface area contributed by atoms with Crippen molar-refractivity contribution in [1.29, 1.82) is 0 Å². The third-order valence-corrected chi connectivity index (χ3v) is 9.23.